The summed E-state index contributed by atoms with van der Waals surface area (Å²) >= 11 is 12.0. The molecule has 0 radical (unpaired) electrons. The maximum atomic E-state index is 6.16. The summed E-state index contributed by atoms with van der Waals surface area (Å²) in [5, 5.41) is 4.84. The lowest BCUT2D eigenvalue weighted by atomic mass is 10.1. The van der Waals surface area contributed by atoms with E-state index in [1.165, 1.54) is 11.1 Å². The zero-order valence-electron chi connectivity index (χ0n) is 11.1. The Balaban J connectivity index is 2.00. The molecular weight excluding hydrogens is 277 g/mol. The molecule has 3 heteroatoms. The number of hydrogen-bond acceptors (Lipinski definition) is 1. The summed E-state index contributed by atoms with van der Waals surface area (Å²) in [5.41, 5.74) is 3.61. The largest absolute Gasteiger partial charge is 0.306 e. The van der Waals surface area contributed by atoms with Crippen molar-refractivity contribution in [2.24, 2.45) is 0 Å². The second-order valence-corrected chi connectivity index (χ2v) is 5.59. The number of hydrogen-bond donors (Lipinski definition) is 1. The van der Waals surface area contributed by atoms with E-state index in [0.717, 1.165) is 12.1 Å². The molecule has 2 rings (SSSR count). The van der Waals surface area contributed by atoms with Crippen LogP contribution in [-0.2, 0) is 6.54 Å². The van der Waals surface area contributed by atoms with Gasteiger partial charge < -0.3 is 5.32 Å². The maximum absolute atomic E-state index is 6.16. The summed E-state index contributed by atoms with van der Waals surface area (Å²) in [6, 6.07) is 14.4. The second-order valence-electron chi connectivity index (χ2n) is 4.75. The number of halogens is 2. The van der Waals surface area contributed by atoms with Crippen LogP contribution in [0.5, 0.6) is 0 Å². The van der Waals surface area contributed by atoms with E-state index in [1.54, 1.807) is 6.07 Å². The van der Waals surface area contributed by atoms with Crippen LogP contribution in [0.15, 0.2) is 42.5 Å². The van der Waals surface area contributed by atoms with Gasteiger partial charge in [-0.25, -0.2) is 0 Å². The molecule has 100 valence electrons. The molecule has 0 unspecified atom stereocenters. The van der Waals surface area contributed by atoms with E-state index in [0.29, 0.717) is 10.0 Å². The van der Waals surface area contributed by atoms with E-state index >= 15 is 0 Å². The van der Waals surface area contributed by atoms with Crippen molar-refractivity contribution in [2.45, 2.75) is 26.4 Å². The Morgan fingerprint density at radius 3 is 2.37 bits per heavy atom. The van der Waals surface area contributed by atoms with Gasteiger partial charge in [0.15, 0.2) is 0 Å². The van der Waals surface area contributed by atoms with Crippen LogP contribution in [0.3, 0.4) is 0 Å². The summed E-state index contributed by atoms with van der Waals surface area (Å²) in [6.07, 6.45) is 0. The first-order chi connectivity index (χ1) is 9.06. The Bertz CT molecular complexity index is 549. The van der Waals surface area contributed by atoms with Gasteiger partial charge in [0.05, 0.1) is 0 Å². The lowest BCUT2D eigenvalue weighted by Crippen LogP contribution is -2.18. The first-order valence-electron chi connectivity index (χ1n) is 6.30. The topological polar surface area (TPSA) is 12.0 Å². The van der Waals surface area contributed by atoms with Crippen LogP contribution >= 0.6 is 23.2 Å². The zero-order valence-corrected chi connectivity index (χ0v) is 12.6. The van der Waals surface area contributed by atoms with Crippen LogP contribution in [0, 0.1) is 6.92 Å². The summed E-state index contributed by atoms with van der Waals surface area (Å²) in [5.74, 6) is 0. The van der Waals surface area contributed by atoms with Crippen molar-refractivity contribution in [3.8, 4) is 0 Å². The number of nitrogens with one attached hydrogen (secondary N) is 1. The molecule has 0 saturated carbocycles. The fraction of sp³-hybridized carbons (Fsp3) is 0.250. The molecule has 2 aromatic carbocycles. The molecule has 19 heavy (non-hydrogen) atoms. The van der Waals surface area contributed by atoms with Crippen LogP contribution in [0.2, 0.25) is 10.0 Å². The Kier molecular flexibility index (Phi) is 4.87. The van der Waals surface area contributed by atoms with E-state index in [1.807, 2.05) is 12.1 Å². The van der Waals surface area contributed by atoms with Gasteiger partial charge in [-0.3, -0.25) is 0 Å². The van der Waals surface area contributed by atoms with E-state index in [2.05, 4.69) is 43.4 Å². The van der Waals surface area contributed by atoms with E-state index in [4.69, 9.17) is 23.2 Å². The highest BCUT2D eigenvalue weighted by Gasteiger charge is 2.06. The van der Waals surface area contributed by atoms with E-state index in [9.17, 15) is 0 Å². The minimum atomic E-state index is 0.285. The molecule has 1 nitrogen and oxygen atoms in total. The van der Waals surface area contributed by atoms with Crippen LogP contribution in [0.4, 0.5) is 0 Å². The average Bonchev–Trinajstić information content (AvgIpc) is 2.38. The fourth-order valence-corrected chi connectivity index (χ4v) is 2.38. The molecule has 0 bridgehead atoms. The van der Waals surface area contributed by atoms with Crippen LogP contribution in [0.25, 0.3) is 0 Å². The van der Waals surface area contributed by atoms with Crippen molar-refractivity contribution in [1.29, 1.82) is 0 Å². The van der Waals surface area contributed by atoms with E-state index < -0.39 is 0 Å². The molecule has 0 aliphatic rings. The molecule has 0 saturated heterocycles. The summed E-state index contributed by atoms with van der Waals surface area (Å²) in [4.78, 5) is 0. The van der Waals surface area contributed by atoms with Crippen molar-refractivity contribution in [3.63, 3.8) is 0 Å². The maximum Gasteiger partial charge on any atom is 0.0465 e. The van der Waals surface area contributed by atoms with Gasteiger partial charge >= 0.3 is 0 Å². The molecule has 0 fully saturated rings. The molecule has 0 aliphatic carbocycles. The van der Waals surface area contributed by atoms with Gasteiger partial charge in [0, 0.05) is 22.6 Å². The van der Waals surface area contributed by atoms with Crippen molar-refractivity contribution >= 4 is 23.2 Å². The molecule has 1 atom stereocenters. The lowest BCUT2D eigenvalue weighted by Gasteiger charge is -2.15. The Labute approximate surface area is 124 Å². The third-order valence-electron chi connectivity index (χ3n) is 3.19. The monoisotopic (exact) mass is 293 g/mol. The molecule has 0 aromatic heterocycles. The third-order valence-corrected chi connectivity index (χ3v) is 3.78. The van der Waals surface area contributed by atoms with Crippen LogP contribution in [-0.4, -0.2) is 0 Å². The predicted molar refractivity (Wildman–Crippen MR) is 82.9 cm³/mol. The van der Waals surface area contributed by atoms with Crippen LogP contribution in [0.1, 0.15) is 29.7 Å². The van der Waals surface area contributed by atoms with Crippen molar-refractivity contribution in [3.05, 3.63) is 69.2 Å². The average molecular weight is 294 g/mol. The highest BCUT2D eigenvalue weighted by molar-refractivity contribution is 6.35. The SMILES string of the molecule is Cc1ccc([C@@H](C)NCc2ccc(Cl)cc2Cl)cc1. The van der Waals surface area contributed by atoms with Gasteiger partial charge in [-0.15, -0.1) is 0 Å². The minimum Gasteiger partial charge on any atom is -0.306 e. The Hall–Kier alpha value is -1.02. The standard InChI is InChI=1S/C16H17Cl2N/c1-11-3-5-13(6-4-11)12(2)19-10-14-7-8-15(17)9-16(14)18/h3-9,12,19H,10H2,1-2H3/t12-/m1/s1. The van der Waals surface area contributed by atoms with Gasteiger partial charge in [-0.2, -0.15) is 0 Å². The first kappa shape index (κ1) is 14.4. The number of rotatable bonds is 4. The summed E-state index contributed by atoms with van der Waals surface area (Å²) in [7, 11) is 0. The molecule has 0 heterocycles. The fourth-order valence-electron chi connectivity index (χ4n) is 1.90. The molecule has 0 aliphatic heterocycles. The molecule has 0 spiro atoms. The van der Waals surface area contributed by atoms with Gasteiger partial charge in [0.1, 0.15) is 0 Å². The van der Waals surface area contributed by atoms with Gasteiger partial charge in [0.2, 0.25) is 0 Å². The van der Waals surface area contributed by atoms with Crippen LogP contribution < -0.4 is 5.32 Å². The first-order valence-corrected chi connectivity index (χ1v) is 7.06. The Morgan fingerprint density at radius 2 is 1.74 bits per heavy atom. The predicted octanol–water partition coefficient (Wildman–Crippen LogP) is 5.15. The number of benzene rings is 2. The lowest BCUT2D eigenvalue weighted by molar-refractivity contribution is 0.575. The summed E-state index contributed by atoms with van der Waals surface area (Å²) in [6.45, 7) is 4.97. The highest BCUT2D eigenvalue weighted by atomic mass is 35.5. The summed E-state index contributed by atoms with van der Waals surface area (Å²) < 4.78 is 0. The third kappa shape index (κ3) is 3.97. The quantitative estimate of drug-likeness (QED) is 0.822. The molecular formula is C16H17Cl2N. The highest BCUT2D eigenvalue weighted by Crippen LogP contribution is 2.22. The van der Waals surface area contributed by atoms with Gasteiger partial charge in [-0.05, 0) is 37.1 Å². The van der Waals surface area contributed by atoms with Crippen molar-refractivity contribution < 1.29 is 0 Å². The minimum absolute atomic E-state index is 0.285. The Morgan fingerprint density at radius 1 is 1.05 bits per heavy atom. The smallest absolute Gasteiger partial charge is 0.0465 e. The van der Waals surface area contributed by atoms with Gasteiger partial charge in [0.25, 0.3) is 0 Å². The second kappa shape index (κ2) is 6.42. The molecule has 0 amide bonds. The van der Waals surface area contributed by atoms with Crippen molar-refractivity contribution in [1.82, 2.24) is 5.32 Å². The van der Waals surface area contributed by atoms with Gasteiger partial charge in [-0.1, -0.05) is 59.1 Å². The van der Waals surface area contributed by atoms with E-state index in [-0.39, 0.29) is 6.04 Å². The molecule has 1 N–H and O–H groups in total. The molecule has 2 aromatic rings. The number of aryl methyl sites for hydroxylation is 1. The zero-order chi connectivity index (χ0) is 13.8. The normalized spacial score (nSPS) is 12.4. The van der Waals surface area contributed by atoms with Crippen molar-refractivity contribution in [2.75, 3.05) is 0 Å².